The zero-order chi connectivity index (χ0) is 19.2. The van der Waals surface area contributed by atoms with Crippen LogP contribution in [0.25, 0.3) is 11.4 Å². The number of piperidine rings is 1. The van der Waals surface area contributed by atoms with Crippen LogP contribution in [0.15, 0.2) is 30.6 Å². The number of nitrogens with zero attached hydrogens (tertiary/aromatic N) is 3. The first-order valence-electron chi connectivity index (χ1n) is 10.2. The fourth-order valence-corrected chi connectivity index (χ4v) is 3.99. The molecule has 7 nitrogen and oxygen atoms in total. The number of ether oxygens (including phenoxy) is 2. The van der Waals surface area contributed by atoms with E-state index in [9.17, 15) is 4.79 Å². The van der Waals surface area contributed by atoms with Crippen molar-refractivity contribution in [2.75, 3.05) is 32.9 Å². The van der Waals surface area contributed by atoms with E-state index in [0.29, 0.717) is 30.8 Å². The van der Waals surface area contributed by atoms with E-state index in [4.69, 9.17) is 9.47 Å². The van der Waals surface area contributed by atoms with Crippen LogP contribution in [0, 0.1) is 11.8 Å². The van der Waals surface area contributed by atoms with E-state index < -0.39 is 0 Å². The van der Waals surface area contributed by atoms with E-state index in [1.807, 2.05) is 23.1 Å². The molecule has 0 unspecified atom stereocenters. The molecule has 2 aliphatic heterocycles. The Hall–Kier alpha value is -2.41. The first kappa shape index (κ1) is 18.9. The molecule has 0 aromatic carbocycles. The summed E-state index contributed by atoms with van der Waals surface area (Å²) in [5, 5.41) is 6.85. The van der Waals surface area contributed by atoms with E-state index in [0.717, 1.165) is 69.1 Å². The van der Waals surface area contributed by atoms with Gasteiger partial charge in [-0.2, -0.15) is 5.10 Å². The van der Waals surface area contributed by atoms with Crippen molar-refractivity contribution in [2.45, 2.75) is 32.1 Å². The number of carbonyl (C=O) groups excluding carboxylic acids is 1. The van der Waals surface area contributed by atoms with Crippen LogP contribution in [-0.2, 0) is 9.53 Å². The average Bonchev–Trinajstić information content (AvgIpc) is 3.28. The molecule has 7 heteroatoms. The molecule has 1 N–H and O–H groups in total. The Morgan fingerprint density at radius 1 is 1.21 bits per heavy atom. The van der Waals surface area contributed by atoms with Crippen molar-refractivity contribution >= 4 is 5.91 Å². The zero-order valence-corrected chi connectivity index (χ0v) is 16.2. The van der Waals surface area contributed by atoms with Crippen molar-refractivity contribution in [3.63, 3.8) is 0 Å². The molecule has 2 aromatic rings. The van der Waals surface area contributed by atoms with Crippen LogP contribution in [0.4, 0.5) is 0 Å². The van der Waals surface area contributed by atoms with Gasteiger partial charge in [-0.1, -0.05) is 0 Å². The second-order valence-corrected chi connectivity index (χ2v) is 7.77. The molecule has 1 atom stereocenters. The third kappa shape index (κ3) is 4.90. The number of carbonyl (C=O) groups is 1. The van der Waals surface area contributed by atoms with Crippen LogP contribution >= 0.6 is 0 Å². The largest absolute Gasteiger partial charge is 0.492 e. The Labute approximate surface area is 165 Å². The summed E-state index contributed by atoms with van der Waals surface area (Å²) in [6.45, 7) is 3.87. The second-order valence-electron chi connectivity index (χ2n) is 7.77. The summed E-state index contributed by atoms with van der Waals surface area (Å²) < 4.78 is 11.3. The van der Waals surface area contributed by atoms with Gasteiger partial charge in [0.1, 0.15) is 5.75 Å². The summed E-state index contributed by atoms with van der Waals surface area (Å²) in [5.41, 5.74) is 1.73. The fourth-order valence-electron chi connectivity index (χ4n) is 3.99. The highest BCUT2D eigenvalue weighted by atomic mass is 16.5. The van der Waals surface area contributed by atoms with Gasteiger partial charge in [-0.15, -0.1) is 0 Å². The Balaban J connectivity index is 1.25. The van der Waals surface area contributed by atoms with Crippen LogP contribution in [0.5, 0.6) is 5.75 Å². The minimum Gasteiger partial charge on any atom is -0.492 e. The van der Waals surface area contributed by atoms with Gasteiger partial charge in [-0.05, 0) is 49.8 Å². The zero-order valence-electron chi connectivity index (χ0n) is 16.2. The van der Waals surface area contributed by atoms with Crippen molar-refractivity contribution in [3.8, 4) is 17.1 Å². The lowest BCUT2D eigenvalue weighted by Gasteiger charge is -2.34. The van der Waals surface area contributed by atoms with Crippen LogP contribution in [0.2, 0.25) is 0 Å². The molecule has 4 rings (SSSR count). The maximum Gasteiger partial charge on any atom is 0.222 e. The molecule has 2 saturated heterocycles. The maximum absolute atomic E-state index is 12.7. The summed E-state index contributed by atoms with van der Waals surface area (Å²) in [6.07, 6.45) is 8.27. The average molecular weight is 384 g/mol. The monoisotopic (exact) mass is 384 g/mol. The van der Waals surface area contributed by atoms with E-state index in [1.54, 1.807) is 12.4 Å². The highest BCUT2D eigenvalue weighted by molar-refractivity contribution is 5.76. The maximum atomic E-state index is 12.7. The molecule has 150 valence electrons. The van der Waals surface area contributed by atoms with Gasteiger partial charge in [-0.3, -0.25) is 14.9 Å². The van der Waals surface area contributed by atoms with Gasteiger partial charge in [0.05, 0.1) is 24.2 Å². The SMILES string of the molecule is O=C(CC1CCOCC1)N1CCC[C@@H](COc2ccc(-c3ccn[nH]3)nc2)C1. The number of aromatic amines is 1. The van der Waals surface area contributed by atoms with Crippen LogP contribution in [0.3, 0.4) is 0 Å². The fraction of sp³-hybridized carbons (Fsp3) is 0.571. The van der Waals surface area contributed by atoms with E-state index in [2.05, 4.69) is 15.2 Å². The first-order chi connectivity index (χ1) is 13.8. The highest BCUT2D eigenvalue weighted by Crippen LogP contribution is 2.24. The number of hydrogen-bond acceptors (Lipinski definition) is 5. The summed E-state index contributed by atoms with van der Waals surface area (Å²) in [4.78, 5) is 19.1. The Kier molecular flexibility index (Phi) is 6.21. The summed E-state index contributed by atoms with van der Waals surface area (Å²) in [6, 6.07) is 5.74. The van der Waals surface area contributed by atoms with E-state index in [1.165, 1.54) is 0 Å². The number of hydrogen-bond donors (Lipinski definition) is 1. The molecule has 0 spiro atoms. The molecular formula is C21H28N4O3. The third-order valence-electron chi connectivity index (χ3n) is 5.67. The Bertz CT molecular complexity index is 742. The van der Waals surface area contributed by atoms with Crippen molar-refractivity contribution in [2.24, 2.45) is 11.8 Å². The molecule has 0 bridgehead atoms. The van der Waals surface area contributed by atoms with Gasteiger partial charge in [0.2, 0.25) is 5.91 Å². The highest BCUT2D eigenvalue weighted by Gasteiger charge is 2.26. The topological polar surface area (TPSA) is 80.3 Å². The second kappa shape index (κ2) is 9.19. The molecule has 0 radical (unpaired) electrons. The number of rotatable bonds is 6. The quantitative estimate of drug-likeness (QED) is 0.828. The normalized spacial score (nSPS) is 20.9. The summed E-state index contributed by atoms with van der Waals surface area (Å²) in [7, 11) is 0. The third-order valence-corrected chi connectivity index (χ3v) is 5.67. The van der Waals surface area contributed by atoms with E-state index >= 15 is 0 Å². The van der Waals surface area contributed by atoms with E-state index in [-0.39, 0.29) is 0 Å². The predicted octanol–water partition coefficient (Wildman–Crippen LogP) is 2.91. The van der Waals surface area contributed by atoms with Gasteiger partial charge >= 0.3 is 0 Å². The molecule has 4 heterocycles. The number of nitrogens with one attached hydrogen (secondary N) is 1. The van der Waals surface area contributed by atoms with Gasteiger partial charge in [0.25, 0.3) is 0 Å². The van der Waals surface area contributed by atoms with Crippen LogP contribution in [-0.4, -0.2) is 58.9 Å². The van der Waals surface area contributed by atoms with Gasteiger partial charge < -0.3 is 14.4 Å². The lowest BCUT2D eigenvalue weighted by molar-refractivity contribution is -0.134. The van der Waals surface area contributed by atoms with Crippen molar-refractivity contribution in [1.29, 1.82) is 0 Å². The molecule has 2 aliphatic rings. The molecule has 1 amide bonds. The molecule has 0 aliphatic carbocycles. The minimum atomic E-state index is 0.294. The Morgan fingerprint density at radius 3 is 2.86 bits per heavy atom. The smallest absolute Gasteiger partial charge is 0.222 e. The standard InChI is InChI=1S/C21H28N4O3/c26-21(12-16-6-10-27-11-7-16)25-9-1-2-17(14-25)15-28-18-3-4-19(22-13-18)20-5-8-23-24-20/h3-5,8,13,16-17H,1-2,6-7,9-12,14-15H2,(H,23,24)/t17-/m1/s1. The van der Waals surface area contributed by atoms with Crippen LogP contribution < -0.4 is 4.74 Å². The molecule has 2 fully saturated rings. The predicted molar refractivity (Wildman–Crippen MR) is 105 cm³/mol. The number of H-pyrrole nitrogens is 1. The lowest BCUT2D eigenvalue weighted by Crippen LogP contribution is -2.42. The number of amides is 1. The number of pyridine rings is 1. The molecule has 2 aromatic heterocycles. The minimum absolute atomic E-state index is 0.294. The van der Waals surface area contributed by atoms with Crippen molar-refractivity contribution in [3.05, 3.63) is 30.6 Å². The molecule has 0 saturated carbocycles. The molecular weight excluding hydrogens is 356 g/mol. The summed E-state index contributed by atoms with van der Waals surface area (Å²) >= 11 is 0. The van der Waals surface area contributed by atoms with Crippen molar-refractivity contribution in [1.82, 2.24) is 20.1 Å². The number of likely N-dealkylation sites (tertiary alicyclic amines) is 1. The van der Waals surface area contributed by atoms with Crippen molar-refractivity contribution < 1.29 is 14.3 Å². The first-order valence-corrected chi connectivity index (χ1v) is 10.2. The Morgan fingerprint density at radius 2 is 2.11 bits per heavy atom. The lowest BCUT2D eigenvalue weighted by atomic mass is 9.94. The summed E-state index contributed by atoms with van der Waals surface area (Å²) in [5.74, 6) is 1.91. The van der Waals surface area contributed by atoms with Gasteiger partial charge in [-0.25, -0.2) is 0 Å². The molecule has 28 heavy (non-hydrogen) atoms. The van der Waals surface area contributed by atoms with Gasteiger partial charge in [0.15, 0.2) is 0 Å². The number of aromatic nitrogens is 3. The van der Waals surface area contributed by atoms with Crippen LogP contribution in [0.1, 0.15) is 32.1 Å². The van der Waals surface area contributed by atoms with Gasteiger partial charge in [0, 0.05) is 44.8 Å².